The van der Waals surface area contributed by atoms with E-state index in [1.165, 1.54) is 5.56 Å². The van der Waals surface area contributed by atoms with Crippen LogP contribution < -0.4 is 11.1 Å². The van der Waals surface area contributed by atoms with Crippen molar-refractivity contribution in [3.63, 3.8) is 0 Å². The molecule has 1 aliphatic rings. The molecular weight excluding hydrogens is 336 g/mol. The van der Waals surface area contributed by atoms with Crippen LogP contribution in [-0.4, -0.2) is 20.1 Å². The monoisotopic (exact) mass is 358 g/mol. The van der Waals surface area contributed by atoms with Gasteiger partial charge in [-0.15, -0.1) is 0 Å². The molecule has 0 aromatic heterocycles. The fourth-order valence-electron chi connectivity index (χ4n) is 3.03. The van der Waals surface area contributed by atoms with Crippen molar-refractivity contribution in [3.8, 4) is 0 Å². The van der Waals surface area contributed by atoms with Crippen LogP contribution in [0, 0.1) is 0 Å². The molecule has 0 unspecified atom stereocenters. The number of anilines is 1. The van der Waals surface area contributed by atoms with Crippen LogP contribution >= 0.6 is 0 Å². The quantitative estimate of drug-likeness (QED) is 0.830. The van der Waals surface area contributed by atoms with Gasteiger partial charge in [0.05, 0.1) is 10.6 Å². The first kappa shape index (κ1) is 17.6. The number of fused-ring (bicyclic) bond motifs is 1. The molecule has 0 atom stereocenters. The largest absolute Gasteiger partial charge is 0.326 e. The Morgan fingerprint density at radius 3 is 2.48 bits per heavy atom. The fraction of sp³-hybridized carbons (Fsp3) is 0.316. The zero-order valence-electron chi connectivity index (χ0n) is 14.0. The van der Waals surface area contributed by atoms with Gasteiger partial charge in [0.2, 0.25) is 5.91 Å². The van der Waals surface area contributed by atoms with E-state index in [1.807, 2.05) is 18.2 Å². The molecule has 0 radical (unpaired) electrons. The Balaban J connectivity index is 1.60. The average Bonchev–Trinajstić information content (AvgIpc) is 3.08. The molecule has 0 saturated heterocycles. The number of hydrogen-bond acceptors (Lipinski definition) is 4. The number of benzene rings is 2. The lowest BCUT2D eigenvalue weighted by molar-refractivity contribution is -0.115. The first-order chi connectivity index (χ1) is 12.0. The predicted octanol–water partition coefficient (Wildman–Crippen LogP) is 2.44. The minimum Gasteiger partial charge on any atom is -0.326 e. The summed E-state index contributed by atoms with van der Waals surface area (Å²) in [5.41, 5.74) is 9.49. The molecule has 0 bridgehead atoms. The molecule has 2 aromatic rings. The van der Waals surface area contributed by atoms with E-state index in [2.05, 4.69) is 5.32 Å². The van der Waals surface area contributed by atoms with Crippen LogP contribution in [0.15, 0.2) is 47.4 Å². The summed E-state index contributed by atoms with van der Waals surface area (Å²) in [5.74, 6) is -0.511. The average molecular weight is 358 g/mol. The predicted molar refractivity (Wildman–Crippen MR) is 98.1 cm³/mol. The van der Waals surface area contributed by atoms with Crippen LogP contribution in [0.1, 0.15) is 29.5 Å². The molecule has 0 spiro atoms. The summed E-state index contributed by atoms with van der Waals surface area (Å²) >= 11 is 0. The number of carbonyl (C=O) groups is 1. The number of amides is 1. The third-order valence-electron chi connectivity index (χ3n) is 4.50. The lowest BCUT2D eigenvalue weighted by Crippen LogP contribution is -2.17. The molecule has 0 saturated carbocycles. The second kappa shape index (κ2) is 7.37. The van der Waals surface area contributed by atoms with Crippen molar-refractivity contribution < 1.29 is 13.2 Å². The first-order valence-corrected chi connectivity index (χ1v) is 10.1. The maximum atomic E-state index is 12.5. The minimum atomic E-state index is -3.46. The summed E-state index contributed by atoms with van der Waals surface area (Å²) in [7, 11) is -3.46. The summed E-state index contributed by atoms with van der Waals surface area (Å²) in [6, 6.07) is 12.5. The first-order valence-electron chi connectivity index (χ1n) is 8.41. The van der Waals surface area contributed by atoms with Gasteiger partial charge in [0, 0.05) is 18.7 Å². The van der Waals surface area contributed by atoms with E-state index in [-0.39, 0.29) is 18.1 Å². The van der Waals surface area contributed by atoms with Gasteiger partial charge in [-0.3, -0.25) is 4.79 Å². The summed E-state index contributed by atoms with van der Waals surface area (Å²) in [6.45, 7) is 0.438. The van der Waals surface area contributed by atoms with Crippen molar-refractivity contribution in [1.82, 2.24) is 0 Å². The van der Waals surface area contributed by atoms with Gasteiger partial charge in [-0.25, -0.2) is 8.42 Å². The van der Waals surface area contributed by atoms with E-state index in [9.17, 15) is 13.2 Å². The molecule has 6 heteroatoms. The number of nitrogens with two attached hydrogens (primary N) is 1. The van der Waals surface area contributed by atoms with E-state index >= 15 is 0 Å². The van der Waals surface area contributed by atoms with Gasteiger partial charge in [-0.1, -0.05) is 18.2 Å². The van der Waals surface area contributed by atoms with Gasteiger partial charge in [-0.2, -0.15) is 0 Å². The molecule has 25 heavy (non-hydrogen) atoms. The smallest absolute Gasteiger partial charge is 0.225 e. The van der Waals surface area contributed by atoms with Crippen molar-refractivity contribution in [2.45, 2.75) is 37.1 Å². The van der Waals surface area contributed by atoms with E-state index in [0.29, 0.717) is 17.1 Å². The lowest BCUT2D eigenvalue weighted by Gasteiger charge is -2.08. The maximum Gasteiger partial charge on any atom is 0.225 e. The van der Waals surface area contributed by atoms with Crippen LogP contribution in [-0.2, 0) is 34.0 Å². The van der Waals surface area contributed by atoms with Crippen LogP contribution in [0.4, 0.5) is 5.69 Å². The molecule has 0 aliphatic heterocycles. The van der Waals surface area contributed by atoms with Crippen LogP contribution in [0.5, 0.6) is 0 Å². The zero-order valence-corrected chi connectivity index (χ0v) is 14.8. The van der Waals surface area contributed by atoms with Crippen molar-refractivity contribution in [3.05, 3.63) is 59.2 Å². The highest BCUT2D eigenvalue weighted by Crippen LogP contribution is 2.25. The molecule has 5 nitrogen and oxygen atoms in total. The second-order valence-corrected chi connectivity index (χ2v) is 8.41. The highest BCUT2D eigenvalue weighted by Gasteiger charge is 2.19. The van der Waals surface area contributed by atoms with Gasteiger partial charge in [0.15, 0.2) is 9.84 Å². The number of rotatable bonds is 6. The summed E-state index contributed by atoms with van der Waals surface area (Å²) in [6.07, 6.45) is 2.95. The minimum absolute atomic E-state index is 0.0714. The van der Waals surface area contributed by atoms with Crippen molar-refractivity contribution >= 4 is 21.4 Å². The molecule has 0 heterocycles. The zero-order chi connectivity index (χ0) is 17.9. The van der Waals surface area contributed by atoms with Gasteiger partial charge in [0.1, 0.15) is 0 Å². The van der Waals surface area contributed by atoms with E-state index < -0.39 is 9.84 Å². The molecule has 2 aromatic carbocycles. The van der Waals surface area contributed by atoms with E-state index in [4.69, 9.17) is 5.73 Å². The van der Waals surface area contributed by atoms with Gasteiger partial charge in [0.25, 0.3) is 0 Å². The highest BCUT2D eigenvalue weighted by atomic mass is 32.2. The summed E-state index contributed by atoms with van der Waals surface area (Å²) in [4.78, 5) is 12.3. The Morgan fingerprint density at radius 1 is 1.04 bits per heavy atom. The Bertz CT molecular complexity index is 874. The highest BCUT2D eigenvalue weighted by molar-refractivity contribution is 7.91. The number of carbonyl (C=O) groups excluding carboxylic acids is 1. The normalized spacial score (nSPS) is 13.5. The molecule has 3 rings (SSSR count). The number of sulfone groups is 1. The van der Waals surface area contributed by atoms with E-state index in [0.717, 1.165) is 30.4 Å². The standard InChI is InChI=1S/C19H22N2O3S/c20-13-14-4-7-17(8-5-14)21-19(22)10-11-25(23,24)18-9-6-15-2-1-3-16(15)12-18/h4-9,12H,1-3,10-11,13,20H2,(H,21,22). The fourth-order valence-corrected chi connectivity index (χ4v) is 4.32. The third kappa shape index (κ3) is 4.27. The van der Waals surface area contributed by atoms with Gasteiger partial charge in [-0.05, 0) is 60.2 Å². The maximum absolute atomic E-state index is 12.5. The molecule has 1 aliphatic carbocycles. The Hall–Kier alpha value is -2.18. The number of hydrogen-bond donors (Lipinski definition) is 2. The topological polar surface area (TPSA) is 89.3 Å². The third-order valence-corrected chi connectivity index (χ3v) is 6.21. The van der Waals surface area contributed by atoms with Crippen LogP contribution in [0.2, 0.25) is 0 Å². The lowest BCUT2D eigenvalue weighted by atomic mass is 10.1. The Kier molecular flexibility index (Phi) is 5.20. The number of nitrogens with one attached hydrogen (secondary N) is 1. The Morgan fingerprint density at radius 2 is 1.76 bits per heavy atom. The summed E-state index contributed by atoms with van der Waals surface area (Å²) < 4.78 is 25.0. The van der Waals surface area contributed by atoms with E-state index in [1.54, 1.807) is 24.3 Å². The van der Waals surface area contributed by atoms with Gasteiger partial charge >= 0.3 is 0 Å². The van der Waals surface area contributed by atoms with Crippen LogP contribution in [0.25, 0.3) is 0 Å². The van der Waals surface area contributed by atoms with Gasteiger partial charge < -0.3 is 11.1 Å². The molecule has 1 amide bonds. The molecular formula is C19H22N2O3S. The van der Waals surface area contributed by atoms with Crippen molar-refractivity contribution in [1.29, 1.82) is 0 Å². The molecule has 0 fully saturated rings. The Labute approximate surface area is 148 Å². The summed E-state index contributed by atoms with van der Waals surface area (Å²) in [5, 5.41) is 2.71. The molecule has 132 valence electrons. The van der Waals surface area contributed by atoms with Crippen molar-refractivity contribution in [2.75, 3.05) is 11.1 Å². The SMILES string of the molecule is NCc1ccc(NC(=O)CCS(=O)(=O)c2ccc3c(c2)CCC3)cc1. The second-order valence-electron chi connectivity index (χ2n) is 6.30. The number of aryl methyl sites for hydroxylation is 2. The van der Waals surface area contributed by atoms with Crippen LogP contribution in [0.3, 0.4) is 0 Å². The molecule has 3 N–H and O–H groups in total. The van der Waals surface area contributed by atoms with Crippen molar-refractivity contribution in [2.24, 2.45) is 5.73 Å².